The molecule has 0 spiro atoms. The number of rotatable bonds is 6. The quantitative estimate of drug-likeness (QED) is 0.718. The molecule has 18 heavy (non-hydrogen) atoms. The van der Waals surface area contributed by atoms with E-state index in [9.17, 15) is 0 Å². The fourth-order valence-corrected chi connectivity index (χ4v) is 2.17. The average Bonchev–Trinajstić information content (AvgIpc) is 3.13. The first-order valence-electron chi connectivity index (χ1n) is 7.03. The summed E-state index contributed by atoms with van der Waals surface area (Å²) in [5.41, 5.74) is 4.02. The summed E-state index contributed by atoms with van der Waals surface area (Å²) in [6.07, 6.45) is 3.13. The Kier molecular flexibility index (Phi) is 3.96. The summed E-state index contributed by atoms with van der Waals surface area (Å²) in [5, 5.41) is 0. The zero-order valence-corrected chi connectivity index (χ0v) is 12.0. The molecule has 0 bridgehead atoms. The monoisotopic (exact) mass is 248 g/mol. The third-order valence-electron chi connectivity index (χ3n) is 3.63. The van der Waals surface area contributed by atoms with E-state index >= 15 is 0 Å². The first kappa shape index (κ1) is 13.4. The van der Waals surface area contributed by atoms with Gasteiger partial charge in [-0.15, -0.1) is 0 Å². The minimum atomic E-state index is -0.0422. The van der Waals surface area contributed by atoms with Gasteiger partial charge in [0.2, 0.25) is 0 Å². The van der Waals surface area contributed by atoms with Crippen molar-refractivity contribution in [1.29, 1.82) is 0 Å². The summed E-state index contributed by atoms with van der Waals surface area (Å²) in [6, 6.07) is 4.56. The Hall–Kier alpha value is -1.02. The minimum absolute atomic E-state index is 0.0422. The Bertz CT molecular complexity index is 394. The lowest BCUT2D eigenvalue weighted by Crippen LogP contribution is -2.18. The van der Waals surface area contributed by atoms with E-state index < -0.39 is 0 Å². The standard InChI is InChI=1S/C16H24O2/c1-5-12-8-13(6-2)15(14(7-3)9-12)17-10-16(4)11-18-16/h8-9H,5-7,10-11H2,1-4H3. The average molecular weight is 248 g/mol. The first-order valence-corrected chi connectivity index (χ1v) is 7.03. The van der Waals surface area contributed by atoms with E-state index in [0.717, 1.165) is 31.6 Å². The third kappa shape index (κ3) is 2.86. The molecule has 1 atom stereocenters. The van der Waals surface area contributed by atoms with Crippen molar-refractivity contribution in [3.8, 4) is 5.75 Å². The van der Waals surface area contributed by atoms with Gasteiger partial charge >= 0.3 is 0 Å². The molecule has 0 aliphatic carbocycles. The lowest BCUT2D eigenvalue weighted by Gasteiger charge is -2.17. The van der Waals surface area contributed by atoms with Gasteiger partial charge in [0.15, 0.2) is 0 Å². The molecule has 1 aliphatic heterocycles. The molecule has 0 saturated carbocycles. The molecule has 1 unspecified atom stereocenters. The lowest BCUT2D eigenvalue weighted by molar-refractivity contribution is 0.200. The maximum absolute atomic E-state index is 6.05. The van der Waals surface area contributed by atoms with Gasteiger partial charge < -0.3 is 9.47 Å². The topological polar surface area (TPSA) is 21.8 Å². The highest BCUT2D eigenvalue weighted by Crippen LogP contribution is 2.31. The van der Waals surface area contributed by atoms with Crippen molar-refractivity contribution >= 4 is 0 Å². The van der Waals surface area contributed by atoms with E-state index in [1.165, 1.54) is 16.7 Å². The van der Waals surface area contributed by atoms with E-state index in [4.69, 9.17) is 9.47 Å². The fourth-order valence-electron chi connectivity index (χ4n) is 2.17. The maximum Gasteiger partial charge on any atom is 0.125 e. The van der Waals surface area contributed by atoms with E-state index in [1.807, 2.05) is 0 Å². The molecule has 0 aromatic heterocycles. The number of hydrogen-bond donors (Lipinski definition) is 0. The van der Waals surface area contributed by atoms with Gasteiger partial charge in [0.05, 0.1) is 6.61 Å². The van der Waals surface area contributed by atoms with Crippen LogP contribution in [0.5, 0.6) is 5.75 Å². The van der Waals surface area contributed by atoms with Crippen molar-refractivity contribution in [3.63, 3.8) is 0 Å². The van der Waals surface area contributed by atoms with Gasteiger partial charge in [-0.1, -0.05) is 32.9 Å². The molecular formula is C16H24O2. The SMILES string of the molecule is CCc1cc(CC)c(OCC2(C)CO2)c(CC)c1. The molecule has 1 heterocycles. The van der Waals surface area contributed by atoms with Gasteiger partial charge in [-0.3, -0.25) is 0 Å². The van der Waals surface area contributed by atoms with Crippen LogP contribution in [0.4, 0.5) is 0 Å². The fraction of sp³-hybridized carbons (Fsp3) is 0.625. The molecule has 2 nitrogen and oxygen atoms in total. The highest BCUT2D eigenvalue weighted by atomic mass is 16.6. The zero-order chi connectivity index (χ0) is 13.2. The number of benzene rings is 1. The molecule has 0 N–H and O–H groups in total. The molecule has 1 saturated heterocycles. The smallest absolute Gasteiger partial charge is 0.125 e. The first-order chi connectivity index (χ1) is 8.61. The summed E-state index contributed by atoms with van der Waals surface area (Å²) in [4.78, 5) is 0. The number of hydrogen-bond acceptors (Lipinski definition) is 2. The van der Waals surface area contributed by atoms with Gasteiger partial charge in [-0.2, -0.15) is 0 Å². The summed E-state index contributed by atoms with van der Waals surface area (Å²) >= 11 is 0. The minimum Gasteiger partial charge on any atom is -0.490 e. The van der Waals surface area contributed by atoms with Crippen LogP contribution in [0.15, 0.2) is 12.1 Å². The van der Waals surface area contributed by atoms with Crippen LogP contribution < -0.4 is 4.74 Å². The molecule has 2 heteroatoms. The predicted octanol–water partition coefficient (Wildman–Crippen LogP) is 3.54. The van der Waals surface area contributed by atoms with Gasteiger partial charge in [0.25, 0.3) is 0 Å². The van der Waals surface area contributed by atoms with Crippen LogP contribution in [0.1, 0.15) is 44.4 Å². The zero-order valence-electron chi connectivity index (χ0n) is 12.0. The van der Waals surface area contributed by atoms with Crippen LogP contribution >= 0.6 is 0 Å². The number of aryl methyl sites for hydroxylation is 3. The van der Waals surface area contributed by atoms with Crippen molar-refractivity contribution in [2.45, 2.75) is 52.6 Å². The predicted molar refractivity (Wildman–Crippen MR) is 74.4 cm³/mol. The van der Waals surface area contributed by atoms with Crippen LogP contribution in [-0.2, 0) is 24.0 Å². The number of epoxide rings is 1. The van der Waals surface area contributed by atoms with Crippen molar-refractivity contribution in [2.24, 2.45) is 0 Å². The Balaban J connectivity index is 2.24. The molecule has 1 aromatic carbocycles. The molecule has 1 aliphatic rings. The Morgan fingerprint density at radius 3 is 2.06 bits per heavy atom. The van der Waals surface area contributed by atoms with Crippen molar-refractivity contribution in [2.75, 3.05) is 13.2 Å². The van der Waals surface area contributed by atoms with E-state index in [2.05, 4.69) is 39.8 Å². The summed E-state index contributed by atoms with van der Waals surface area (Å²) < 4.78 is 11.4. The van der Waals surface area contributed by atoms with Crippen LogP contribution in [0.25, 0.3) is 0 Å². The molecule has 1 fully saturated rings. The van der Waals surface area contributed by atoms with Crippen LogP contribution in [0.3, 0.4) is 0 Å². The van der Waals surface area contributed by atoms with E-state index in [1.54, 1.807) is 0 Å². The van der Waals surface area contributed by atoms with Gasteiger partial charge in [-0.25, -0.2) is 0 Å². The lowest BCUT2D eigenvalue weighted by atomic mass is 9.99. The second kappa shape index (κ2) is 5.31. The maximum atomic E-state index is 6.05. The highest BCUT2D eigenvalue weighted by Gasteiger charge is 2.40. The molecule has 0 radical (unpaired) electrons. The second-order valence-electron chi connectivity index (χ2n) is 5.33. The van der Waals surface area contributed by atoms with E-state index in [-0.39, 0.29) is 5.60 Å². The molecule has 0 amide bonds. The summed E-state index contributed by atoms with van der Waals surface area (Å²) in [6.45, 7) is 10.2. The van der Waals surface area contributed by atoms with Gasteiger partial charge in [0.1, 0.15) is 18.0 Å². The molecule has 1 aromatic rings. The Morgan fingerprint density at radius 1 is 1.11 bits per heavy atom. The Morgan fingerprint density at radius 2 is 1.67 bits per heavy atom. The molecule has 100 valence electrons. The van der Waals surface area contributed by atoms with E-state index in [0.29, 0.717) is 6.61 Å². The number of ether oxygens (including phenoxy) is 2. The summed E-state index contributed by atoms with van der Waals surface area (Å²) in [7, 11) is 0. The normalized spacial score (nSPS) is 22.0. The third-order valence-corrected chi connectivity index (χ3v) is 3.63. The molecular weight excluding hydrogens is 224 g/mol. The van der Waals surface area contributed by atoms with Crippen molar-refractivity contribution in [3.05, 3.63) is 28.8 Å². The second-order valence-corrected chi connectivity index (χ2v) is 5.33. The van der Waals surface area contributed by atoms with Crippen molar-refractivity contribution < 1.29 is 9.47 Å². The van der Waals surface area contributed by atoms with Crippen LogP contribution in [-0.4, -0.2) is 18.8 Å². The van der Waals surface area contributed by atoms with Crippen LogP contribution in [0.2, 0.25) is 0 Å². The summed E-state index contributed by atoms with van der Waals surface area (Å²) in [5.74, 6) is 1.09. The Labute approximate surface area is 110 Å². The van der Waals surface area contributed by atoms with Crippen LogP contribution in [0, 0.1) is 0 Å². The highest BCUT2D eigenvalue weighted by molar-refractivity contribution is 5.45. The van der Waals surface area contributed by atoms with Gasteiger partial charge in [-0.05, 0) is 42.9 Å². The largest absolute Gasteiger partial charge is 0.490 e. The molecule has 2 rings (SSSR count). The van der Waals surface area contributed by atoms with Gasteiger partial charge in [0, 0.05) is 0 Å². The van der Waals surface area contributed by atoms with Crippen molar-refractivity contribution in [1.82, 2.24) is 0 Å².